The molecule has 2 rings (SSSR count). The van der Waals surface area contributed by atoms with Gasteiger partial charge >= 0.3 is 0 Å². The van der Waals surface area contributed by atoms with Crippen molar-refractivity contribution in [2.45, 2.75) is 13.2 Å². The molecule has 0 amide bonds. The molecular formula is C6H7N5O2. The number of aromatic nitrogens is 5. The quantitative estimate of drug-likeness (QED) is 0.666. The third-order valence-corrected chi connectivity index (χ3v) is 1.55. The van der Waals surface area contributed by atoms with E-state index in [1.54, 1.807) is 0 Å². The number of rotatable bonds is 3. The third kappa shape index (κ3) is 1.54. The summed E-state index contributed by atoms with van der Waals surface area (Å²) in [5, 5.41) is 19.7. The number of hydrogen-bond acceptors (Lipinski definition) is 6. The van der Waals surface area contributed by atoms with Gasteiger partial charge in [0, 0.05) is 0 Å². The highest BCUT2D eigenvalue weighted by Gasteiger charge is 2.06. The van der Waals surface area contributed by atoms with Crippen LogP contribution in [-0.2, 0) is 13.2 Å². The zero-order valence-corrected chi connectivity index (χ0v) is 6.66. The van der Waals surface area contributed by atoms with Crippen LogP contribution in [0.1, 0.15) is 11.6 Å². The largest absolute Gasteiger partial charge is 0.390 e. The van der Waals surface area contributed by atoms with Crippen LogP contribution in [0.3, 0.4) is 0 Å². The first-order chi connectivity index (χ1) is 6.40. The Morgan fingerprint density at radius 1 is 1.54 bits per heavy atom. The monoisotopic (exact) mass is 181 g/mol. The average molecular weight is 181 g/mol. The molecule has 0 spiro atoms. The normalized spacial score (nSPS) is 10.5. The molecule has 0 aromatic carbocycles. The van der Waals surface area contributed by atoms with E-state index < -0.39 is 0 Å². The average Bonchev–Trinajstić information content (AvgIpc) is 2.76. The molecule has 0 aliphatic rings. The van der Waals surface area contributed by atoms with Crippen LogP contribution in [0.25, 0.3) is 0 Å². The fraction of sp³-hybridized carbons (Fsp3) is 0.333. The molecule has 0 bridgehead atoms. The number of nitrogens with zero attached hydrogens (tertiary/aromatic N) is 5. The molecule has 1 N–H and O–H groups in total. The maximum absolute atomic E-state index is 8.87. The van der Waals surface area contributed by atoms with Crippen LogP contribution < -0.4 is 0 Å². The van der Waals surface area contributed by atoms with E-state index in [9.17, 15) is 0 Å². The lowest BCUT2D eigenvalue weighted by molar-refractivity contribution is 0.266. The van der Waals surface area contributed by atoms with Gasteiger partial charge in [0.2, 0.25) is 5.89 Å². The van der Waals surface area contributed by atoms with Gasteiger partial charge in [-0.25, -0.2) is 4.68 Å². The van der Waals surface area contributed by atoms with Crippen LogP contribution >= 0.6 is 0 Å². The van der Waals surface area contributed by atoms with Gasteiger partial charge in [-0.2, -0.15) is 4.98 Å². The van der Waals surface area contributed by atoms with Crippen molar-refractivity contribution in [3.63, 3.8) is 0 Å². The second-order valence-electron chi connectivity index (χ2n) is 2.38. The van der Waals surface area contributed by atoms with Crippen LogP contribution in [0.15, 0.2) is 17.0 Å². The summed E-state index contributed by atoms with van der Waals surface area (Å²) in [6.45, 7) is 0.219. The number of aliphatic hydroxyl groups is 1. The van der Waals surface area contributed by atoms with Crippen molar-refractivity contribution in [3.8, 4) is 0 Å². The van der Waals surface area contributed by atoms with Crippen LogP contribution in [0.5, 0.6) is 0 Å². The summed E-state index contributed by atoms with van der Waals surface area (Å²) in [4.78, 5) is 3.82. The minimum absolute atomic E-state index is 0.110. The molecule has 2 heterocycles. The standard InChI is InChI=1S/C6H7N5O2/c12-3-5-1-8-10-11(5)2-6-7-4-9-13-6/h1,4,12H,2-3H2. The molecule has 2 aromatic heterocycles. The molecule has 7 nitrogen and oxygen atoms in total. The molecule has 0 atom stereocenters. The predicted octanol–water partition coefficient (Wildman–Crippen LogP) is -0.798. The van der Waals surface area contributed by atoms with Gasteiger partial charge in [0.1, 0.15) is 6.54 Å². The van der Waals surface area contributed by atoms with Gasteiger partial charge in [0.15, 0.2) is 6.33 Å². The van der Waals surface area contributed by atoms with Crippen molar-refractivity contribution in [2.75, 3.05) is 0 Å². The minimum atomic E-state index is -0.110. The van der Waals surface area contributed by atoms with E-state index in [-0.39, 0.29) is 6.61 Å². The Labute approximate surface area is 73.0 Å². The van der Waals surface area contributed by atoms with Gasteiger partial charge < -0.3 is 9.63 Å². The van der Waals surface area contributed by atoms with E-state index in [4.69, 9.17) is 9.63 Å². The summed E-state index contributed by atoms with van der Waals surface area (Å²) in [6.07, 6.45) is 2.79. The van der Waals surface area contributed by atoms with Crippen molar-refractivity contribution in [1.29, 1.82) is 0 Å². The molecule has 68 valence electrons. The highest BCUT2D eigenvalue weighted by Crippen LogP contribution is 2.00. The van der Waals surface area contributed by atoms with Gasteiger partial charge in [0.25, 0.3) is 0 Å². The summed E-state index contributed by atoms with van der Waals surface area (Å²) < 4.78 is 6.27. The van der Waals surface area contributed by atoms with Gasteiger partial charge in [-0.1, -0.05) is 10.4 Å². The predicted molar refractivity (Wildman–Crippen MR) is 39.3 cm³/mol. The Hall–Kier alpha value is -1.76. The smallest absolute Gasteiger partial charge is 0.248 e. The van der Waals surface area contributed by atoms with E-state index in [0.29, 0.717) is 18.1 Å². The van der Waals surface area contributed by atoms with Gasteiger partial charge in [0.05, 0.1) is 18.5 Å². The summed E-state index contributed by atoms with van der Waals surface area (Å²) >= 11 is 0. The lowest BCUT2D eigenvalue weighted by Gasteiger charge is -1.98. The van der Waals surface area contributed by atoms with Crippen molar-refractivity contribution < 1.29 is 9.63 Å². The zero-order valence-electron chi connectivity index (χ0n) is 6.66. The lowest BCUT2D eigenvalue weighted by atomic mass is 10.5. The summed E-state index contributed by atoms with van der Waals surface area (Å²) in [6, 6.07) is 0. The van der Waals surface area contributed by atoms with Crippen molar-refractivity contribution >= 4 is 0 Å². The number of hydrogen-bond donors (Lipinski definition) is 1. The fourth-order valence-corrected chi connectivity index (χ4v) is 0.928. The molecule has 0 saturated heterocycles. The van der Waals surface area contributed by atoms with E-state index in [1.165, 1.54) is 17.2 Å². The zero-order chi connectivity index (χ0) is 9.10. The van der Waals surface area contributed by atoms with Gasteiger partial charge in [-0.05, 0) is 0 Å². The van der Waals surface area contributed by atoms with E-state index >= 15 is 0 Å². The molecule has 2 aromatic rings. The maximum atomic E-state index is 8.87. The van der Waals surface area contributed by atoms with Gasteiger partial charge in [-0.15, -0.1) is 5.10 Å². The Bertz CT molecular complexity index is 368. The Balaban J connectivity index is 2.18. The van der Waals surface area contributed by atoms with Gasteiger partial charge in [-0.3, -0.25) is 0 Å². The minimum Gasteiger partial charge on any atom is -0.390 e. The molecule has 0 unspecified atom stereocenters. The topological polar surface area (TPSA) is 89.9 Å². The van der Waals surface area contributed by atoms with Crippen molar-refractivity contribution in [1.82, 2.24) is 25.1 Å². The van der Waals surface area contributed by atoms with Crippen LogP contribution in [-0.4, -0.2) is 30.2 Å². The molecule has 0 fully saturated rings. The first kappa shape index (κ1) is 7.87. The highest BCUT2D eigenvalue weighted by molar-refractivity contribution is 4.93. The molecule has 13 heavy (non-hydrogen) atoms. The summed E-state index contributed by atoms with van der Waals surface area (Å²) in [5.74, 6) is 0.431. The van der Waals surface area contributed by atoms with Crippen LogP contribution in [0, 0.1) is 0 Å². The Kier molecular flexibility index (Phi) is 2.01. The van der Waals surface area contributed by atoms with E-state index in [1.807, 2.05) is 0 Å². The van der Waals surface area contributed by atoms with Crippen LogP contribution in [0.4, 0.5) is 0 Å². The molecule has 0 radical (unpaired) electrons. The second-order valence-corrected chi connectivity index (χ2v) is 2.38. The maximum Gasteiger partial charge on any atom is 0.248 e. The molecule has 0 aliphatic heterocycles. The van der Waals surface area contributed by atoms with Crippen molar-refractivity contribution in [2.24, 2.45) is 0 Å². The number of aliphatic hydroxyl groups excluding tert-OH is 1. The molecule has 0 aliphatic carbocycles. The Morgan fingerprint density at radius 2 is 2.46 bits per heavy atom. The van der Waals surface area contributed by atoms with E-state index in [2.05, 4.69) is 20.5 Å². The lowest BCUT2D eigenvalue weighted by Crippen LogP contribution is -2.06. The summed E-state index contributed by atoms with van der Waals surface area (Å²) in [5.41, 5.74) is 0.609. The second kappa shape index (κ2) is 3.31. The first-order valence-corrected chi connectivity index (χ1v) is 3.64. The highest BCUT2D eigenvalue weighted by atomic mass is 16.5. The molecule has 7 heteroatoms. The third-order valence-electron chi connectivity index (χ3n) is 1.55. The SMILES string of the molecule is OCc1cnnn1Cc1ncno1. The Morgan fingerprint density at radius 3 is 3.15 bits per heavy atom. The molecule has 0 saturated carbocycles. The first-order valence-electron chi connectivity index (χ1n) is 3.64. The van der Waals surface area contributed by atoms with Crippen LogP contribution in [0.2, 0.25) is 0 Å². The fourth-order valence-electron chi connectivity index (χ4n) is 0.928. The van der Waals surface area contributed by atoms with E-state index in [0.717, 1.165) is 0 Å². The summed E-state index contributed by atoms with van der Waals surface area (Å²) in [7, 11) is 0. The van der Waals surface area contributed by atoms with Crippen molar-refractivity contribution in [3.05, 3.63) is 24.1 Å². The molecular weight excluding hydrogens is 174 g/mol.